The summed E-state index contributed by atoms with van der Waals surface area (Å²) < 4.78 is 10.2. The second-order valence-electron chi connectivity index (χ2n) is 10.9. The molecule has 1 aliphatic heterocycles. The first-order valence-electron chi connectivity index (χ1n) is 11.8. The van der Waals surface area contributed by atoms with Gasteiger partial charge in [0.05, 0.1) is 12.2 Å². The fraction of sp³-hybridized carbons (Fsp3) is 0.731. The highest BCUT2D eigenvalue weighted by Crippen LogP contribution is 2.67. The number of esters is 1. The molecule has 5 heteroatoms. The van der Waals surface area contributed by atoms with Crippen LogP contribution in [0.2, 0.25) is 0 Å². The molecule has 4 aliphatic carbocycles. The van der Waals surface area contributed by atoms with Crippen LogP contribution < -0.4 is 0 Å². The molecule has 0 radical (unpaired) electrons. The van der Waals surface area contributed by atoms with Gasteiger partial charge in [0.15, 0.2) is 0 Å². The van der Waals surface area contributed by atoms with Gasteiger partial charge in [-0.3, -0.25) is 0 Å². The number of cyclic esters (lactones) is 1. The van der Waals surface area contributed by atoms with Gasteiger partial charge in [-0.25, -0.2) is 4.79 Å². The van der Waals surface area contributed by atoms with E-state index < -0.39 is 17.9 Å². The molecule has 0 amide bonds. The van der Waals surface area contributed by atoms with E-state index in [1.807, 2.05) is 0 Å². The van der Waals surface area contributed by atoms with E-state index in [9.17, 15) is 15.0 Å². The van der Waals surface area contributed by atoms with Crippen molar-refractivity contribution in [3.8, 4) is 0 Å². The molecule has 0 aromatic heterocycles. The molecule has 172 valence electrons. The van der Waals surface area contributed by atoms with Crippen molar-refractivity contribution in [1.82, 2.24) is 0 Å². The lowest BCUT2D eigenvalue weighted by atomic mass is 9.43. The molecule has 1 heterocycles. The van der Waals surface area contributed by atoms with Crippen molar-refractivity contribution >= 4 is 5.97 Å². The maximum absolute atomic E-state index is 12.0. The van der Waals surface area contributed by atoms with E-state index in [4.69, 9.17) is 9.47 Å². The van der Waals surface area contributed by atoms with Gasteiger partial charge in [0.2, 0.25) is 6.29 Å². The van der Waals surface area contributed by atoms with Crippen molar-refractivity contribution in [2.75, 3.05) is 13.7 Å². The monoisotopic (exact) mass is 430 g/mol. The average Bonchev–Trinajstić information content (AvgIpc) is 3.06. The van der Waals surface area contributed by atoms with Gasteiger partial charge in [0.1, 0.15) is 0 Å². The first-order chi connectivity index (χ1) is 14.5. The molecule has 6 atom stereocenters. The highest BCUT2D eigenvalue weighted by Gasteiger charge is 2.62. The zero-order valence-electron chi connectivity index (χ0n) is 19.7. The molecule has 1 fully saturated rings. The Morgan fingerprint density at radius 1 is 1.35 bits per heavy atom. The van der Waals surface area contributed by atoms with Gasteiger partial charge < -0.3 is 19.7 Å². The second kappa shape index (κ2) is 7.86. The number of rotatable bonds is 6. The van der Waals surface area contributed by atoms with Crippen LogP contribution in [0.3, 0.4) is 0 Å². The van der Waals surface area contributed by atoms with Crippen molar-refractivity contribution in [2.24, 2.45) is 22.7 Å². The topological polar surface area (TPSA) is 76.0 Å². The van der Waals surface area contributed by atoms with E-state index in [2.05, 4.69) is 33.8 Å². The second-order valence-corrected chi connectivity index (χ2v) is 10.9. The van der Waals surface area contributed by atoms with Crippen LogP contribution in [0.15, 0.2) is 34.4 Å². The third kappa shape index (κ3) is 3.53. The summed E-state index contributed by atoms with van der Waals surface area (Å²) in [6, 6.07) is 0. The lowest BCUT2D eigenvalue weighted by molar-refractivity contribution is -0.156. The van der Waals surface area contributed by atoms with Gasteiger partial charge in [0.25, 0.3) is 0 Å². The van der Waals surface area contributed by atoms with Gasteiger partial charge >= 0.3 is 5.97 Å². The molecule has 0 saturated heterocycles. The first-order valence-corrected chi connectivity index (χ1v) is 11.8. The van der Waals surface area contributed by atoms with E-state index >= 15 is 0 Å². The highest BCUT2D eigenvalue weighted by molar-refractivity contribution is 5.86. The normalized spacial score (nSPS) is 42.5. The molecule has 2 N–H and O–H groups in total. The summed E-state index contributed by atoms with van der Waals surface area (Å²) >= 11 is 0. The molecule has 0 aromatic carbocycles. The summed E-state index contributed by atoms with van der Waals surface area (Å²) in [5, 5.41) is 22.5. The summed E-state index contributed by atoms with van der Waals surface area (Å²) in [6.07, 6.45) is 8.91. The minimum Gasteiger partial charge on any atom is -0.429 e. The number of aliphatic hydroxyl groups excluding tert-OH is 1. The maximum Gasteiger partial charge on any atom is 0.333 e. The smallest absolute Gasteiger partial charge is 0.333 e. The number of hydrogen-bond donors (Lipinski definition) is 2. The number of allylic oxidation sites excluding steroid dienone is 2. The quantitative estimate of drug-likeness (QED) is 0.481. The molecule has 31 heavy (non-hydrogen) atoms. The molecule has 5 aliphatic rings. The van der Waals surface area contributed by atoms with Crippen LogP contribution in [0.5, 0.6) is 0 Å². The largest absolute Gasteiger partial charge is 0.429 e. The lowest BCUT2D eigenvalue weighted by Gasteiger charge is -2.62. The van der Waals surface area contributed by atoms with Gasteiger partial charge in [-0.2, -0.15) is 0 Å². The fourth-order valence-electron chi connectivity index (χ4n) is 7.02. The summed E-state index contributed by atoms with van der Waals surface area (Å²) in [5.41, 5.74) is 3.28. The van der Waals surface area contributed by atoms with Gasteiger partial charge in [0, 0.05) is 24.7 Å². The number of methoxy groups -OCH3 is 1. The van der Waals surface area contributed by atoms with Crippen molar-refractivity contribution in [3.05, 3.63) is 34.4 Å². The summed E-state index contributed by atoms with van der Waals surface area (Å²) in [5.74, 6) is -0.125. The maximum atomic E-state index is 12.0. The molecule has 5 nitrogen and oxygen atoms in total. The molecule has 0 spiro atoms. The average molecular weight is 431 g/mol. The molecular formula is C26H38O5. The molecule has 3 unspecified atom stereocenters. The van der Waals surface area contributed by atoms with E-state index in [1.54, 1.807) is 7.11 Å². The van der Waals surface area contributed by atoms with Crippen LogP contribution in [-0.2, 0) is 14.3 Å². The fourth-order valence-corrected chi connectivity index (χ4v) is 7.02. The van der Waals surface area contributed by atoms with Gasteiger partial charge in [-0.05, 0) is 68.6 Å². The molecule has 1 saturated carbocycles. The number of aliphatic hydroxyl groups is 2. The Labute approximate surface area is 186 Å². The lowest BCUT2D eigenvalue weighted by Crippen LogP contribution is -2.59. The number of carbonyl (C=O) groups is 1. The van der Waals surface area contributed by atoms with E-state index in [0.717, 1.165) is 32.1 Å². The van der Waals surface area contributed by atoms with Crippen LogP contribution in [0, 0.1) is 22.7 Å². The predicted molar refractivity (Wildman–Crippen MR) is 119 cm³/mol. The molecular weight excluding hydrogens is 392 g/mol. The number of hydrogen-bond acceptors (Lipinski definition) is 5. The predicted octanol–water partition coefficient (Wildman–Crippen LogP) is 4.44. The third-order valence-corrected chi connectivity index (χ3v) is 9.06. The van der Waals surface area contributed by atoms with E-state index in [0.29, 0.717) is 24.5 Å². The zero-order chi connectivity index (χ0) is 22.6. The molecule has 0 aromatic rings. The summed E-state index contributed by atoms with van der Waals surface area (Å²) in [6.45, 7) is 9.79. The SMILES string of the molecule is COC/C=C(\C)CC[C@]1(C)C2=C(CC[C@H]1C)C1(C)CCC2[C@@](O)(C2=CC(=O)OC2O)C1. The van der Waals surface area contributed by atoms with Gasteiger partial charge in [-0.1, -0.05) is 43.6 Å². The highest BCUT2D eigenvalue weighted by atomic mass is 16.6. The van der Waals surface area contributed by atoms with Crippen LogP contribution in [-0.4, -0.2) is 41.8 Å². The Balaban J connectivity index is 1.75. The Bertz CT molecular complexity index is 854. The minimum absolute atomic E-state index is 0.0223. The van der Waals surface area contributed by atoms with Crippen LogP contribution in [0.25, 0.3) is 0 Å². The Hall–Kier alpha value is -1.43. The van der Waals surface area contributed by atoms with Crippen LogP contribution in [0.4, 0.5) is 0 Å². The Kier molecular flexibility index (Phi) is 5.77. The summed E-state index contributed by atoms with van der Waals surface area (Å²) in [7, 11) is 1.71. The Morgan fingerprint density at radius 2 is 2.10 bits per heavy atom. The minimum atomic E-state index is -1.34. The van der Waals surface area contributed by atoms with E-state index in [1.165, 1.54) is 29.2 Å². The standard InChI is InChI=1S/C26H38O5/c1-16(10-13-30-5)8-12-25(4)17(2)6-7-18-22(25)19-9-11-24(18,3)15-26(19,29)20-14-21(27)31-23(20)28/h10,14,17,19,23,28-29H,6-9,11-13,15H2,1-5H3/b16-10+/t17-,19?,23?,24?,25+,26-/m1/s1. The van der Waals surface area contributed by atoms with Crippen LogP contribution in [0.1, 0.15) is 72.6 Å². The van der Waals surface area contributed by atoms with E-state index in [-0.39, 0.29) is 16.7 Å². The third-order valence-electron chi connectivity index (χ3n) is 9.06. The Morgan fingerprint density at radius 3 is 2.74 bits per heavy atom. The van der Waals surface area contributed by atoms with Crippen molar-refractivity contribution in [2.45, 2.75) is 84.5 Å². The number of ether oxygens (including phenoxy) is 2. The number of carbonyl (C=O) groups excluding carboxylic acids is 1. The number of fused-ring (bicyclic) bond motifs is 2. The van der Waals surface area contributed by atoms with Crippen LogP contribution >= 0.6 is 0 Å². The van der Waals surface area contributed by atoms with Crippen molar-refractivity contribution in [1.29, 1.82) is 0 Å². The first kappa shape index (κ1) is 22.8. The molecule has 2 bridgehead atoms. The molecule has 5 rings (SSSR count). The summed E-state index contributed by atoms with van der Waals surface area (Å²) in [4.78, 5) is 11.9. The van der Waals surface area contributed by atoms with Crippen molar-refractivity contribution < 1.29 is 24.5 Å². The van der Waals surface area contributed by atoms with Crippen molar-refractivity contribution in [3.63, 3.8) is 0 Å². The zero-order valence-corrected chi connectivity index (χ0v) is 19.7. The van der Waals surface area contributed by atoms with Gasteiger partial charge in [-0.15, -0.1) is 0 Å².